The molecule has 0 aliphatic carbocycles. The van der Waals surface area contributed by atoms with Gasteiger partial charge >= 0.3 is 23.9 Å². The standard InChI is InChI=1S/C38H70O6/c1-33(2)29-25-21-17-13-9-5-7-11-15-19-23-27-31-35(39)43-37(41)38(42)44-36(40)32-28-24-20-16-12-8-6-10-14-18-22-26-30-34(3)4/h33-34H,5-32H2,1-4H3. The quantitative estimate of drug-likeness (QED) is 0.0343. The Hall–Kier alpha value is -1.72. The number of carbonyl (C=O) groups is 4. The van der Waals surface area contributed by atoms with E-state index in [1.54, 1.807) is 0 Å². The summed E-state index contributed by atoms with van der Waals surface area (Å²) in [7, 11) is 0. The summed E-state index contributed by atoms with van der Waals surface area (Å²) in [5.41, 5.74) is 0. The first-order valence-corrected chi connectivity index (χ1v) is 18.7. The Morgan fingerprint density at radius 1 is 0.341 bits per heavy atom. The number of hydrogen-bond donors (Lipinski definition) is 0. The lowest BCUT2D eigenvalue weighted by Crippen LogP contribution is -2.25. The first-order valence-electron chi connectivity index (χ1n) is 18.7. The van der Waals surface area contributed by atoms with Gasteiger partial charge in [-0.15, -0.1) is 0 Å². The van der Waals surface area contributed by atoms with Crippen LogP contribution in [0.4, 0.5) is 0 Å². The Morgan fingerprint density at radius 3 is 0.773 bits per heavy atom. The van der Waals surface area contributed by atoms with Gasteiger partial charge in [-0.25, -0.2) is 9.59 Å². The van der Waals surface area contributed by atoms with E-state index in [0.29, 0.717) is 12.8 Å². The van der Waals surface area contributed by atoms with Gasteiger partial charge in [-0.3, -0.25) is 9.59 Å². The number of carbonyl (C=O) groups excluding carboxylic acids is 4. The number of ether oxygens (including phenoxy) is 2. The molecule has 0 spiro atoms. The summed E-state index contributed by atoms with van der Waals surface area (Å²) < 4.78 is 9.12. The number of esters is 4. The maximum Gasteiger partial charge on any atom is 0.425 e. The highest BCUT2D eigenvalue weighted by molar-refractivity contribution is 6.33. The third-order valence-corrected chi connectivity index (χ3v) is 8.40. The average Bonchev–Trinajstić information content (AvgIpc) is 2.97. The fourth-order valence-electron chi connectivity index (χ4n) is 5.57. The Kier molecular flexibility index (Phi) is 30.0. The molecule has 0 rings (SSSR count). The lowest BCUT2D eigenvalue weighted by Gasteiger charge is -2.05. The van der Waals surface area contributed by atoms with Crippen molar-refractivity contribution in [1.29, 1.82) is 0 Å². The zero-order chi connectivity index (χ0) is 32.7. The van der Waals surface area contributed by atoms with E-state index in [2.05, 4.69) is 37.2 Å². The molecule has 0 aromatic rings. The van der Waals surface area contributed by atoms with Crippen LogP contribution in [0.2, 0.25) is 0 Å². The molecule has 0 aromatic carbocycles. The van der Waals surface area contributed by atoms with E-state index in [1.165, 1.54) is 116 Å². The topological polar surface area (TPSA) is 86.7 Å². The lowest BCUT2D eigenvalue weighted by atomic mass is 10.0. The Morgan fingerprint density at radius 2 is 0.545 bits per heavy atom. The molecule has 0 aliphatic rings. The number of rotatable bonds is 30. The Bertz CT molecular complexity index is 654. The summed E-state index contributed by atoms with van der Waals surface area (Å²) in [5, 5.41) is 0. The molecule has 6 nitrogen and oxygen atoms in total. The van der Waals surface area contributed by atoms with E-state index in [9.17, 15) is 19.2 Å². The normalized spacial score (nSPS) is 11.3. The minimum Gasteiger partial charge on any atom is -0.384 e. The minimum atomic E-state index is -1.40. The van der Waals surface area contributed by atoms with Crippen LogP contribution in [0.3, 0.4) is 0 Å². The second-order valence-electron chi connectivity index (χ2n) is 13.9. The van der Waals surface area contributed by atoms with Gasteiger partial charge in [0.15, 0.2) is 0 Å². The average molecular weight is 623 g/mol. The number of unbranched alkanes of at least 4 members (excludes halogenated alkanes) is 22. The molecule has 0 bridgehead atoms. The summed E-state index contributed by atoms with van der Waals surface area (Å²) in [6.45, 7) is 9.16. The predicted octanol–water partition coefficient (Wildman–Crippen LogP) is 11.4. The third kappa shape index (κ3) is 31.7. The molecule has 0 amide bonds. The largest absolute Gasteiger partial charge is 0.425 e. The van der Waals surface area contributed by atoms with Gasteiger partial charge in [0.2, 0.25) is 0 Å². The molecule has 6 heteroatoms. The highest BCUT2D eigenvalue weighted by atomic mass is 16.6. The predicted molar refractivity (Wildman–Crippen MR) is 181 cm³/mol. The van der Waals surface area contributed by atoms with Crippen molar-refractivity contribution in [2.45, 2.75) is 207 Å². The molecule has 0 radical (unpaired) electrons. The van der Waals surface area contributed by atoms with E-state index in [0.717, 1.165) is 50.4 Å². The van der Waals surface area contributed by atoms with Crippen LogP contribution in [0.25, 0.3) is 0 Å². The molecule has 0 heterocycles. The van der Waals surface area contributed by atoms with Crippen LogP contribution in [0, 0.1) is 11.8 Å². The van der Waals surface area contributed by atoms with Crippen molar-refractivity contribution in [2.24, 2.45) is 11.8 Å². The summed E-state index contributed by atoms with van der Waals surface area (Å²) in [5.74, 6) is -2.65. The second kappa shape index (κ2) is 31.3. The smallest absolute Gasteiger partial charge is 0.384 e. The molecular formula is C38H70O6. The first-order chi connectivity index (χ1) is 21.2. The van der Waals surface area contributed by atoms with Crippen LogP contribution in [0.1, 0.15) is 207 Å². The van der Waals surface area contributed by atoms with Crippen molar-refractivity contribution < 1.29 is 28.7 Å². The molecule has 258 valence electrons. The molecule has 0 atom stereocenters. The molecule has 0 unspecified atom stereocenters. The molecule has 0 aliphatic heterocycles. The van der Waals surface area contributed by atoms with Crippen LogP contribution < -0.4 is 0 Å². The number of hydrogen-bond acceptors (Lipinski definition) is 6. The summed E-state index contributed by atoms with van der Waals surface area (Å²) in [6.07, 6.45) is 31.4. The van der Waals surface area contributed by atoms with Crippen LogP contribution in [-0.4, -0.2) is 23.9 Å². The SMILES string of the molecule is CC(C)CCCCCCCCCCCCCCC(=O)OC(=O)C(=O)OC(=O)CCCCCCCCCCCCCCC(C)C. The maximum atomic E-state index is 11.9. The van der Waals surface area contributed by atoms with Gasteiger partial charge < -0.3 is 9.47 Å². The van der Waals surface area contributed by atoms with E-state index < -0.39 is 23.9 Å². The lowest BCUT2D eigenvalue weighted by molar-refractivity contribution is -0.177. The molecule has 44 heavy (non-hydrogen) atoms. The zero-order valence-electron chi connectivity index (χ0n) is 29.4. The third-order valence-electron chi connectivity index (χ3n) is 8.40. The van der Waals surface area contributed by atoms with Crippen molar-refractivity contribution in [3.8, 4) is 0 Å². The van der Waals surface area contributed by atoms with Gasteiger partial charge in [0.1, 0.15) is 0 Å². The van der Waals surface area contributed by atoms with E-state index in [-0.39, 0.29) is 12.8 Å². The van der Waals surface area contributed by atoms with E-state index in [4.69, 9.17) is 0 Å². The van der Waals surface area contributed by atoms with Crippen molar-refractivity contribution in [3.63, 3.8) is 0 Å². The highest BCUT2D eigenvalue weighted by Gasteiger charge is 2.23. The fraction of sp³-hybridized carbons (Fsp3) is 0.895. The van der Waals surface area contributed by atoms with Gasteiger partial charge in [-0.2, -0.15) is 0 Å². The van der Waals surface area contributed by atoms with E-state index in [1.807, 2.05) is 0 Å². The summed E-state index contributed by atoms with van der Waals surface area (Å²) >= 11 is 0. The molecular weight excluding hydrogens is 552 g/mol. The molecule has 0 aromatic heterocycles. The van der Waals surface area contributed by atoms with Crippen LogP contribution in [-0.2, 0) is 28.7 Å². The first kappa shape index (κ1) is 42.3. The Labute approximate surface area is 271 Å². The molecule has 0 saturated heterocycles. The van der Waals surface area contributed by atoms with Gasteiger partial charge in [0, 0.05) is 12.8 Å². The summed E-state index contributed by atoms with van der Waals surface area (Å²) in [6, 6.07) is 0. The highest BCUT2D eigenvalue weighted by Crippen LogP contribution is 2.16. The molecule has 0 saturated carbocycles. The zero-order valence-corrected chi connectivity index (χ0v) is 29.4. The molecule has 0 fully saturated rings. The fourth-order valence-corrected chi connectivity index (χ4v) is 5.57. The second-order valence-corrected chi connectivity index (χ2v) is 13.9. The van der Waals surface area contributed by atoms with Gasteiger partial charge in [0.05, 0.1) is 0 Å². The summed E-state index contributed by atoms with van der Waals surface area (Å²) in [4.78, 5) is 47.3. The van der Waals surface area contributed by atoms with Crippen molar-refractivity contribution in [2.75, 3.05) is 0 Å². The molecule has 0 N–H and O–H groups in total. The van der Waals surface area contributed by atoms with E-state index >= 15 is 0 Å². The van der Waals surface area contributed by atoms with Crippen molar-refractivity contribution >= 4 is 23.9 Å². The van der Waals surface area contributed by atoms with Gasteiger partial charge in [-0.1, -0.05) is 182 Å². The van der Waals surface area contributed by atoms with Crippen molar-refractivity contribution in [3.05, 3.63) is 0 Å². The minimum absolute atomic E-state index is 0.0855. The van der Waals surface area contributed by atoms with Crippen LogP contribution in [0.5, 0.6) is 0 Å². The van der Waals surface area contributed by atoms with Crippen LogP contribution >= 0.6 is 0 Å². The maximum absolute atomic E-state index is 11.9. The van der Waals surface area contributed by atoms with Gasteiger partial charge in [0.25, 0.3) is 0 Å². The van der Waals surface area contributed by atoms with Crippen molar-refractivity contribution in [1.82, 2.24) is 0 Å². The Balaban J connectivity index is 3.54. The van der Waals surface area contributed by atoms with Gasteiger partial charge in [-0.05, 0) is 24.7 Å². The van der Waals surface area contributed by atoms with Crippen LogP contribution in [0.15, 0.2) is 0 Å². The monoisotopic (exact) mass is 623 g/mol.